The maximum atomic E-state index is 12.1. The molecule has 29 heavy (non-hydrogen) atoms. The van der Waals surface area contributed by atoms with E-state index in [0.717, 1.165) is 24.3 Å². The number of esters is 1. The summed E-state index contributed by atoms with van der Waals surface area (Å²) in [4.78, 5) is 35.2. The van der Waals surface area contributed by atoms with Gasteiger partial charge in [-0.2, -0.15) is 0 Å². The number of anilines is 2. The number of benzene rings is 2. The van der Waals surface area contributed by atoms with Crippen LogP contribution in [0.3, 0.4) is 0 Å². The molecule has 7 nitrogen and oxygen atoms in total. The molecule has 2 rings (SSSR count). The van der Waals surface area contributed by atoms with Crippen LogP contribution >= 0.6 is 0 Å². The van der Waals surface area contributed by atoms with Crippen LogP contribution in [0.25, 0.3) is 0 Å². The van der Waals surface area contributed by atoms with Crippen LogP contribution in [0.1, 0.15) is 24.2 Å². The third kappa shape index (κ3) is 7.17. The van der Waals surface area contributed by atoms with Gasteiger partial charge in [0, 0.05) is 18.3 Å². The van der Waals surface area contributed by atoms with Crippen LogP contribution in [-0.4, -0.2) is 30.2 Å². The standard InChI is InChI=1S/C19H17F3N2O5/c1-11(17(26)24-15-7-5-14(6-8-15)23-12(2)25)28-18(27)13-3-9-16(10-4-13)29-19(20,21)22/h3-11H,1-2H3,(H,23,25)(H,24,26)/t11-/m0/s1. The van der Waals surface area contributed by atoms with Crippen LogP contribution in [0.2, 0.25) is 0 Å². The van der Waals surface area contributed by atoms with Crippen molar-refractivity contribution in [1.82, 2.24) is 0 Å². The summed E-state index contributed by atoms with van der Waals surface area (Å²) in [5.74, 6) is -2.21. The van der Waals surface area contributed by atoms with Crippen molar-refractivity contribution in [2.75, 3.05) is 10.6 Å². The molecule has 0 aliphatic heterocycles. The minimum Gasteiger partial charge on any atom is -0.449 e. The van der Waals surface area contributed by atoms with E-state index in [2.05, 4.69) is 15.4 Å². The van der Waals surface area contributed by atoms with E-state index in [1.165, 1.54) is 13.8 Å². The Labute approximate surface area is 163 Å². The van der Waals surface area contributed by atoms with Crippen molar-refractivity contribution in [2.24, 2.45) is 0 Å². The van der Waals surface area contributed by atoms with Crippen molar-refractivity contribution in [3.05, 3.63) is 54.1 Å². The van der Waals surface area contributed by atoms with E-state index in [4.69, 9.17) is 4.74 Å². The lowest BCUT2D eigenvalue weighted by Crippen LogP contribution is -2.30. The summed E-state index contributed by atoms with van der Waals surface area (Å²) < 4.78 is 45.2. The molecule has 0 spiro atoms. The number of hydrogen-bond acceptors (Lipinski definition) is 5. The van der Waals surface area contributed by atoms with E-state index in [9.17, 15) is 27.6 Å². The molecule has 10 heteroatoms. The van der Waals surface area contributed by atoms with Gasteiger partial charge in [0.05, 0.1) is 5.56 Å². The lowest BCUT2D eigenvalue weighted by molar-refractivity contribution is -0.274. The summed E-state index contributed by atoms with van der Waals surface area (Å²) in [6.07, 6.45) is -6.00. The number of ether oxygens (including phenoxy) is 2. The summed E-state index contributed by atoms with van der Waals surface area (Å²) in [6, 6.07) is 10.4. The summed E-state index contributed by atoms with van der Waals surface area (Å²) in [5.41, 5.74) is 0.924. The fourth-order valence-corrected chi connectivity index (χ4v) is 2.16. The van der Waals surface area contributed by atoms with Gasteiger partial charge in [-0.05, 0) is 55.5 Å². The van der Waals surface area contributed by atoms with Gasteiger partial charge in [-0.3, -0.25) is 9.59 Å². The predicted octanol–water partition coefficient (Wildman–Crippen LogP) is 3.73. The predicted molar refractivity (Wildman–Crippen MR) is 97.4 cm³/mol. The van der Waals surface area contributed by atoms with Crippen LogP contribution < -0.4 is 15.4 Å². The number of carbonyl (C=O) groups excluding carboxylic acids is 3. The van der Waals surface area contributed by atoms with Crippen molar-refractivity contribution >= 4 is 29.2 Å². The largest absolute Gasteiger partial charge is 0.573 e. The van der Waals surface area contributed by atoms with Gasteiger partial charge >= 0.3 is 12.3 Å². The molecule has 0 aliphatic rings. The average Bonchev–Trinajstić information content (AvgIpc) is 2.62. The van der Waals surface area contributed by atoms with Crippen molar-refractivity contribution in [3.8, 4) is 5.75 Å². The molecule has 2 aromatic carbocycles. The van der Waals surface area contributed by atoms with E-state index in [1.807, 2.05) is 0 Å². The Kier molecular flexibility index (Phi) is 6.81. The van der Waals surface area contributed by atoms with E-state index >= 15 is 0 Å². The van der Waals surface area contributed by atoms with Gasteiger partial charge in [-0.25, -0.2) is 4.79 Å². The van der Waals surface area contributed by atoms with Gasteiger partial charge < -0.3 is 20.1 Å². The van der Waals surface area contributed by atoms with Crippen molar-refractivity contribution in [2.45, 2.75) is 26.3 Å². The number of alkyl halides is 3. The van der Waals surface area contributed by atoms with Crippen molar-refractivity contribution in [1.29, 1.82) is 0 Å². The molecule has 0 aliphatic carbocycles. The highest BCUT2D eigenvalue weighted by Crippen LogP contribution is 2.23. The Morgan fingerprint density at radius 2 is 1.41 bits per heavy atom. The van der Waals surface area contributed by atoms with Gasteiger partial charge in [-0.1, -0.05) is 0 Å². The van der Waals surface area contributed by atoms with Gasteiger partial charge in [0.15, 0.2) is 6.10 Å². The first-order chi connectivity index (χ1) is 13.5. The van der Waals surface area contributed by atoms with Crippen LogP contribution in [0.5, 0.6) is 5.75 Å². The highest BCUT2D eigenvalue weighted by molar-refractivity contribution is 5.97. The van der Waals surface area contributed by atoms with Crippen molar-refractivity contribution in [3.63, 3.8) is 0 Å². The zero-order chi connectivity index (χ0) is 21.6. The van der Waals surface area contributed by atoms with Crippen LogP contribution in [-0.2, 0) is 14.3 Å². The highest BCUT2D eigenvalue weighted by Gasteiger charge is 2.31. The van der Waals surface area contributed by atoms with Gasteiger partial charge in [0.25, 0.3) is 5.91 Å². The molecule has 154 valence electrons. The summed E-state index contributed by atoms with van der Waals surface area (Å²) in [7, 11) is 0. The number of hydrogen-bond donors (Lipinski definition) is 2. The molecule has 2 N–H and O–H groups in total. The topological polar surface area (TPSA) is 93.7 Å². The summed E-state index contributed by atoms with van der Waals surface area (Å²) in [6.45, 7) is 2.71. The second-order valence-electron chi connectivity index (χ2n) is 5.87. The lowest BCUT2D eigenvalue weighted by Gasteiger charge is -2.14. The Morgan fingerprint density at radius 3 is 1.90 bits per heavy atom. The average molecular weight is 410 g/mol. The van der Waals surface area contributed by atoms with Crippen LogP contribution in [0.15, 0.2) is 48.5 Å². The third-order valence-electron chi connectivity index (χ3n) is 3.45. The Bertz CT molecular complexity index is 880. The van der Waals surface area contributed by atoms with Crippen LogP contribution in [0.4, 0.5) is 24.5 Å². The maximum Gasteiger partial charge on any atom is 0.573 e. The minimum atomic E-state index is -4.84. The van der Waals surface area contributed by atoms with E-state index < -0.39 is 30.1 Å². The molecule has 1 atom stereocenters. The molecule has 0 radical (unpaired) electrons. The molecule has 0 saturated heterocycles. The summed E-state index contributed by atoms with van der Waals surface area (Å²) >= 11 is 0. The number of nitrogens with one attached hydrogen (secondary N) is 2. The normalized spacial score (nSPS) is 11.9. The van der Waals surface area contributed by atoms with E-state index in [0.29, 0.717) is 11.4 Å². The molecule has 0 aromatic heterocycles. The highest BCUT2D eigenvalue weighted by atomic mass is 19.4. The Morgan fingerprint density at radius 1 is 0.897 bits per heavy atom. The zero-order valence-electron chi connectivity index (χ0n) is 15.4. The fraction of sp³-hybridized carbons (Fsp3) is 0.211. The van der Waals surface area contributed by atoms with E-state index in [-0.39, 0.29) is 11.5 Å². The molecular weight excluding hydrogens is 393 g/mol. The summed E-state index contributed by atoms with van der Waals surface area (Å²) in [5, 5.41) is 5.12. The second-order valence-corrected chi connectivity index (χ2v) is 5.87. The molecule has 0 bridgehead atoms. The molecule has 0 unspecified atom stereocenters. The SMILES string of the molecule is CC(=O)Nc1ccc(NC(=O)[C@H](C)OC(=O)c2ccc(OC(F)(F)F)cc2)cc1. The van der Waals surface area contributed by atoms with Gasteiger partial charge in [0.2, 0.25) is 5.91 Å². The number of amides is 2. The molecule has 2 aromatic rings. The molecule has 0 heterocycles. The third-order valence-corrected chi connectivity index (χ3v) is 3.45. The monoisotopic (exact) mass is 410 g/mol. The number of halogens is 3. The van der Waals surface area contributed by atoms with Crippen molar-refractivity contribution < 1.29 is 37.0 Å². The number of rotatable bonds is 6. The van der Waals surface area contributed by atoms with Gasteiger partial charge in [-0.15, -0.1) is 13.2 Å². The minimum absolute atomic E-state index is 0.0427. The number of carbonyl (C=O) groups is 3. The zero-order valence-corrected chi connectivity index (χ0v) is 15.4. The first-order valence-electron chi connectivity index (χ1n) is 8.29. The smallest absolute Gasteiger partial charge is 0.449 e. The lowest BCUT2D eigenvalue weighted by atomic mass is 10.2. The van der Waals surface area contributed by atoms with E-state index in [1.54, 1.807) is 24.3 Å². The quantitative estimate of drug-likeness (QED) is 0.708. The van der Waals surface area contributed by atoms with Gasteiger partial charge in [0.1, 0.15) is 5.75 Å². The fourth-order valence-electron chi connectivity index (χ4n) is 2.16. The second kappa shape index (κ2) is 9.09. The Hall–Kier alpha value is -3.56. The first-order valence-corrected chi connectivity index (χ1v) is 8.29. The molecule has 0 saturated carbocycles. The molecule has 0 fully saturated rings. The van der Waals surface area contributed by atoms with Crippen LogP contribution in [0, 0.1) is 0 Å². The first kappa shape index (κ1) is 21.7. The maximum absolute atomic E-state index is 12.1. The molecular formula is C19H17F3N2O5. The molecule has 2 amide bonds. The Balaban J connectivity index is 1.91.